The fourth-order valence-electron chi connectivity index (χ4n) is 2.39. The summed E-state index contributed by atoms with van der Waals surface area (Å²) in [5.41, 5.74) is 3.45. The lowest BCUT2D eigenvalue weighted by molar-refractivity contribution is 0.242. The molecule has 0 saturated carbocycles. The molecular formula is C17H24N2OS. The van der Waals surface area contributed by atoms with Crippen LogP contribution in [0, 0.1) is 20.8 Å². The van der Waals surface area contributed by atoms with Crippen molar-refractivity contribution < 1.29 is 4.74 Å². The van der Waals surface area contributed by atoms with E-state index in [4.69, 9.17) is 4.74 Å². The van der Waals surface area contributed by atoms with Gasteiger partial charge in [-0.3, -0.25) is 0 Å². The SMILES string of the molecule is Cc1nc(C(C)Nc2ccc(OC(C)C)cc2C)c(C)s1. The highest BCUT2D eigenvalue weighted by atomic mass is 32.1. The van der Waals surface area contributed by atoms with Crippen LogP contribution >= 0.6 is 11.3 Å². The molecule has 0 bridgehead atoms. The van der Waals surface area contributed by atoms with Crippen LogP contribution in [0.3, 0.4) is 0 Å². The van der Waals surface area contributed by atoms with Crippen LogP contribution in [0.15, 0.2) is 18.2 Å². The first-order valence-electron chi connectivity index (χ1n) is 7.34. The van der Waals surface area contributed by atoms with Gasteiger partial charge < -0.3 is 10.1 Å². The second kappa shape index (κ2) is 6.48. The van der Waals surface area contributed by atoms with Gasteiger partial charge in [-0.2, -0.15) is 0 Å². The number of nitrogens with zero attached hydrogens (tertiary/aromatic N) is 1. The molecule has 0 fully saturated rings. The molecule has 2 rings (SSSR count). The number of aryl methyl sites for hydroxylation is 3. The summed E-state index contributed by atoms with van der Waals surface area (Å²) in [5, 5.41) is 4.67. The summed E-state index contributed by atoms with van der Waals surface area (Å²) in [4.78, 5) is 5.91. The first-order chi connectivity index (χ1) is 9.86. The van der Waals surface area contributed by atoms with Gasteiger partial charge in [-0.25, -0.2) is 4.98 Å². The van der Waals surface area contributed by atoms with Gasteiger partial charge in [0.2, 0.25) is 0 Å². The number of hydrogen-bond acceptors (Lipinski definition) is 4. The lowest BCUT2D eigenvalue weighted by atomic mass is 10.1. The van der Waals surface area contributed by atoms with E-state index in [1.54, 1.807) is 11.3 Å². The van der Waals surface area contributed by atoms with Gasteiger partial charge in [0.25, 0.3) is 0 Å². The molecule has 114 valence electrons. The Morgan fingerprint density at radius 2 is 1.86 bits per heavy atom. The van der Waals surface area contributed by atoms with Crippen molar-refractivity contribution in [3.63, 3.8) is 0 Å². The molecule has 4 heteroatoms. The first kappa shape index (κ1) is 15.8. The highest BCUT2D eigenvalue weighted by Crippen LogP contribution is 2.28. The molecule has 2 aromatic rings. The molecule has 0 saturated heterocycles. The van der Waals surface area contributed by atoms with Crippen LogP contribution in [0.2, 0.25) is 0 Å². The molecule has 0 aliphatic carbocycles. The van der Waals surface area contributed by atoms with Gasteiger partial charge in [0.15, 0.2) is 0 Å². The molecule has 1 atom stereocenters. The number of hydrogen-bond donors (Lipinski definition) is 1. The summed E-state index contributed by atoms with van der Waals surface area (Å²) < 4.78 is 5.72. The summed E-state index contributed by atoms with van der Waals surface area (Å²) in [6.45, 7) is 12.5. The minimum atomic E-state index is 0.197. The van der Waals surface area contributed by atoms with Crippen molar-refractivity contribution in [3.8, 4) is 5.75 Å². The highest BCUT2D eigenvalue weighted by molar-refractivity contribution is 7.11. The third-order valence-corrected chi connectivity index (χ3v) is 4.19. The standard InChI is InChI=1S/C17H24N2OS/c1-10(2)20-15-7-8-16(11(3)9-15)18-12(4)17-13(5)21-14(6)19-17/h7-10,12,18H,1-6H3. The first-order valence-corrected chi connectivity index (χ1v) is 8.16. The summed E-state index contributed by atoms with van der Waals surface area (Å²) in [5.74, 6) is 0.918. The molecular weight excluding hydrogens is 280 g/mol. The average molecular weight is 304 g/mol. The van der Waals surface area contributed by atoms with Crippen LogP contribution in [0.5, 0.6) is 5.75 Å². The van der Waals surface area contributed by atoms with Crippen LogP contribution in [-0.4, -0.2) is 11.1 Å². The topological polar surface area (TPSA) is 34.2 Å². The lowest BCUT2D eigenvalue weighted by Crippen LogP contribution is -2.10. The van der Waals surface area contributed by atoms with Gasteiger partial charge in [0, 0.05) is 10.6 Å². The minimum Gasteiger partial charge on any atom is -0.491 e. The van der Waals surface area contributed by atoms with Gasteiger partial charge in [-0.15, -0.1) is 11.3 Å². The van der Waals surface area contributed by atoms with Gasteiger partial charge >= 0.3 is 0 Å². The molecule has 0 amide bonds. The second-order valence-electron chi connectivity index (χ2n) is 5.68. The second-order valence-corrected chi connectivity index (χ2v) is 7.09. The van der Waals surface area contributed by atoms with Crippen molar-refractivity contribution >= 4 is 17.0 Å². The summed E-state index contributed by atoms with van der Waals surface area (Å²) in [7, 11) is 0. The van der Waals surface area contributed by atoms with Crippen molar-refractivity contribution in [1.29, 1.82) is 0 Å². The van der Waals surface area contributed by atoms with E-state index in [-0.39, 0.29) is 12.1 Å². The number of aromatic nitrogens is 1. The summed E-state index contributed by atoms with van der Waals surface area (Å²) in [6, 6.07) is 6.37. The zero-order valence-electron chi connectivity index (χ0n) is 13.7. The summed E-state index contributed by atoms with van der Waals surface area (Å²) in [6.07, 6.45) is 0.197. The smallest absolute Gasteiger partial charge is 0.120 e. The number of ether oxygens (including phenoxy) is 1. The quantitative estimate of drug-likeness (QED) is 0.841. The fraction of sp³-hybridized carbons (Fsp3) is 0.471. The molecule has 0 aliphatic rings. The fourth-order valence-corrected chi connectivity index (χ4v) is 3.31. The van der Waals surface area contributed by atoms with Gasteiger partial charge in [0.05, 0.1) is 22.8 Å². The van der Waals surface area contributed by atoms with E-state index < -0.39 is 0 Å². The van der Waals surface area contributed by atoms with Crippen LogP contribution in [0.1, 0.15) is 48.0 Å². The molecule has 1 aromatic heterocycles. The molecule has 21 heavy (non-hydrogen) atoms. The zero-order chi connectivity index (χ0) is 15.6. The van der Waals surface area contributed by atoms with Crippen LogP contribution in [0.4, 0.5) is 5.69 Å². The number of rotatable bonds is 5. The van der Waals surface area contributed by atoms with Crippen molar-refractivity contribution in [1.82, 2.24) is 4.98 Å². The Morgan fingerprint density at radius 1 is 1.14 bits per heavy atom. The van der Waals surface area contributed by atoms with Crippen molar-refractivity contribution in [2.24, 2.45) is 0 Å². The maximum Gasteiger partial charge on any atom is 0.120 e. The Morgan fingerprint density at radius 3 is 2.38 bits per heavy atom. The van der Waals surface area contributed by atoms with E-state index in [1.807, 2.05) is 19.9 Å². The monoisotopic (exact) mass is 304 g/mol. The molecule has 1 heterocycles. The predicted octanol–water partition coefficient (Wildman–Crippen LogP) is 5.03. The molecule has 3 nitrogen and oxygen atoms in total. The molecule has 1 unspecified atom stereocenters. The average Bonchev–Trinajstić information content (AvgIpc) is 2.71. The highest BCUT2D eigenvalue weighted by Gasteiger charge is 2.14. The van der Waals surface area contributed by atoms with Gasteiger partial charge in [-0.1, -0.05) is 0 Å². The number of nitrogens with one attached hydrogen (secondary N) is 1. The Kier molecular flexibility index (Phi) is 4.88. The lowest BCUT2D eigenvalue weighted by Gasteiger charge is -2.18. The van der Waals surface area contributed by atoms with Crippen LogP contribution in [-0.2, 0) is 0 Å². The van der Waals surface area contributed by atoms with E-state index >= 15 is 0 Å². The van der Waals surface area contributed by atoms with E-state index in [0.717, 1.165) is 22.1 Å². The normalized spacial score (nSPS) is 12.5. The maximum atomic E-state index is 5.72. The molecule has 1 aromatic carbocycles. The van der Waals surface area contributed by atoms with E-state index in [2.05, 4.69) is 50.1 Å². The van der Waals surface area contributed by atoms with E-state index in [1.165, 1.54) is 10.4 Å². The predicted molar refractivity (Wildman–Crippen MR) is 90.6 cm³/mol. The molecule has 0 aliphatic heterocycles. The van der Waals surface area contributed by atoms with E-state index in [0.29, 0.717) is 0 Å². The summed E-state index contributed by atoms with van der Waals surface area (Å²) >= 11 is 1.75. The largest absolute Gasteiger partial charge is 0.491 e. The van der Waals surface area contributed by atoms with Crippen molar-refractivity contribution in [2.45, 2.75) is 53.7 Å². The Labute approximate surface area is 131 Å². The van der Waals surface area contributed by atoms with Crippen molar-refractivity contribution in [3.05, 3.63) is 39.3 Å². The number of benzene rings is 1. The van der Waals surface area contributed by atoms with E-state index in [9.17, 15) is 0 Å². The molecule has 1 N–H and O–H groups in total. The Hall–Kier alpha value is -1.55. The number of anilines is 1. The minimum absolute atomic E-state index is 0.197. The molecule has 0 radical (unpaired) electrons. The van der Waals surface area contributed by atoms with Gasteiger partial charge in [0.1, 0.15) is 5.75 Å². The van der Waals surface area contributed by atoms with Gasteiger partial charge in [-0.05, 0) is 65.3 Å². The Balaban J connectivity index is 2.14. The number of thiazole rings is 1. The maximum absolute atomic E-state index is 5.72. The molecule has 0 spiro atoms. The third-order valence-electron chi connectivity index (χ3n) is 3.29. The van der Waals surface area contributed by atoms with Crippen LogP contribution < -0.4 is 10.1 Å². The Bertz CT molecular complexity index is 619. The van der Waals surface area contributed by atoms with Crippen molar-refractivity contribution in [2.75, 3.05) is 5.32 Å². The van der Waals surface area contributed by atoms with Crippen LogP contribution in [0.25, 0.3) is 0 Å². The zero-order valence-corrected chi connectivity index (χ0v) is 14.5. The third kappa shape index (κ3) is 3.97.